The van der Waals surface area contributed by atoms with Crippen LogP contribution >= 0.6 is 0 Å². The summed E-state index contributed by atoms with van der Waals surface area (Å²) >= 11 is 0. The van der Waals surface area contributed by atoms with Gasteiger partial charge in [0.05, 0.1) is 0 Å². The van der Waals surface area contributed by atoms with E-state index in [1.807, 2.05) is 0 Å². The van der Waals surface area contributed by atoms with E-state index in [0.717, 1.165) is 0 Å². The van der Waals surface area contributed by atoms with Crippen molar-refractivity contribution in [1.29, 1.82) is 0 Å². The first-order chi connectivity index (χ1) is 0. The van der Waals surface area contributed by atoms with Crippen molar-refractivity contribution in [2.75, 3.05) is 0 Å². The van der Waals surface area contributed by atoms with Crippen LogP contribution < -0.4 is 0 Å². The van der Waals surface area contributed by atoms with E-state index in [9.17, 15) is 0 Å². The Bertz CT molecular complexity index is 28.1. The predicted octanol–water partition coefficient (Wildman–Crippen LogP) is -2.07. The molecule has 2 N–H and O–H groups in total. The van der Waals surface area contributed by atoms with Crippen LogP contribution in [0.25, 0.3) is 0 Å². The Labute approximate surface area is 209 Å². The van der Waals surface area contributed by atoms with Gasteiger partial charge in [-0.05, 0) is 0 Å². The van der Waals surface area contributed by atoms with Crippen LogP contribution in [0.3, 0.4) is 0 Å². The second-order valence-corrected chi connectivity index (χ2v) is 0. The fourth-order valence-corrected chi connectivity index (χ4v) is 0. The van der Waals surface area contributed by atoms with Gasteiger partial charge in [-0.1, -0.05) is 0 Å². The first-order valence-electron chi connectivity index (χ1n) is 0. The zero-order valence-corrected chi connectivity index (χ0v) is 17.5. The van der Waals surface area contributed by atoms with Crippen LogP contribution in [0.5, 0.6) is 0 Å². The molecule has 0 aliphatic rings. The molecule has 0 radical (unpaired) electrons. The van der Waals surface area contributed by atoms with Gasteiger partial charge in [0.15, 0.2) is 0 Å². The zero-order chi connectivity index (χ0) is 0. The molecule has 40 valence electrons. The fourth-order valence-electron chi connectivity index (χ4n) is 0. The van der Waals surface area contributed by atoms with E-state index in [2.05, 4.69) is 0 Å². The molecular formula is H18Mg8O. The van der Waals surface area contributed by atoms with Crippen LogP contribution in [0.1, 0.15) is 22.8 Å². The minimum atomic E-state index is 0. The largest absolute Gasteiger partial charge is 2.00 e. The second kappa shape index (κ2) is 65.1. The molecule has 0 saturated carbocycles. The standard InChI is InChI=1S/8Mg.H2O.16H/h;;;;;;;;1H2;;;;;;;;;;;;;;;;/q8*+2;;16*-1. The maximum absolute atomic E-state index is 0. The van der Waals surface area contributed by atoms with E-state index < -0.39 is 0 Å². The Kier molecular flexibility index (Phi) is 584. The van der Waals surface area contributed by atoms with Crippen molar-refractivity contribution in [3.05, 3.63) is 0 Å². The summed E-state index contributed by atoms with van der Waals surface area (Å²) in [4.78, 5) is 0. The van der Waals surface area contributed by atoms with Gasteiger partial charge in [0.2, 0.25) is 0 Å². The molecule has 0 amide bonds. The van der Waals surface area contributed by atoms with E-state index in [-0.39, 0.29) is 213 Å². The van der Waals surface area contributed by atoms with Crippen molar-refractivity contribution in [2.24, 2.45) is 0 Å². The van der Waals surface area contributed by atoms with Gasteiger partial charge in [-0.15, -0.1) is 0 Å². The molecule has 1 nitrogen and oxygen atoms in total. The molecule has 0 unspecified atom stereocenters. The minimum Gasteiger partial charge on any atom is -1.00 e. The summed E-state index contributed by atoms with van der Waals surface area (Å²) in [5, 5.41) is 0. The molecule has 0 atom stereocenters. The van der Waals surface area contributed by atoms with E-state index >= 15 is 0 Å². The predicted molar refractivity (Wildman–Crippen MR) is 67.4 cm³/mol. The van der Waals surface area contributed by atoms with Crippen molar-refractivity contribution in [3.8, 4) is 0 Å². The van der Waals surface area contributed by atoms with Crippen LogP contribution in [-0.2, 0) is 0 Å². The summed E-state index contributed by atoms with van der Waals surface area (Å²) in [6, 6.07) is 0. The Balaban J connectivity index is 0. The van der Waals surface area contributed by atoms with Crippen molar-refractivity contribution in [1.82, 2.24) is 0 Å². The molecule has 0 heterocycles. The van der Waals surface area contributed by atoms with Crippen LogP contribution in [0.15, 0.2) is 0 Å². The van der Waals surface area contributed by atoms with Crippen LogP contribution in [-0.4, -0.2) is 190 Å². The van der Waals surface area contributed by atoms with Gasteiger partial charge in [-0.2, -0.15) is 0 Å². The summed E-state index contributed by atoms with van der Waals surface area (Å²) < 4.78 is 0. The van der Waals surface area contributed by atoms with E-state index in [0.29, 0.717) is 0 Å². The summed E-state index contributed by atoms with van der Waals surface area (Å²) in [6.07, 6.45) is 0. The molecule has 0 aliphatic heterocycles. The van der Waals surface area contributed by atoms with Gasteiger partial charge >= 0.3 is 184 Å². The smallest absolute Gasteiger partial charge is 1.00 e. The third kappa shape index (κ3) is 55.5. The van der Waals surface area contributed by atoms with Crippen molar-refractivity contribution >= 4 is 184 Å². The van der Waals surface area contributed by atoms with E-state index in [4.69, 9.17) is 0 Å². The van der Waals surface area contributed by atoms with Gasteiger partial charge in [-0.3, -0.25) is 0 Å². The maximum atomic E-state index is 0. The quantitative estimate of drug-likeness (QED) is 0.427. The van der Waals surface area contributed by atoms with E-state index in [1.165, 1.54) is 0 Å². The summed E-state index contributed by atoms with van der Waals surface area (Å²) in [5.74, 6) is 0. The molecule has 0 fully saturated rings. The van der Waals surface area contributed by atoms with Gasteiger partial charge in [0.25, 0.3) is 0 Å². The maximum Gasteiger partial charge on any atom is 2.00 e. The molecule has 0 aromatic heterocycles. The van der Waals surface area contributed by atoms with Crippen molar-refractivity contribution in [2.45, 2.75) is 0 Å². The SMILES string of the molecule is O.[H-].[H-].[H-].[H-].[H-].[H-].[H-].[H-].[H-].[H-].[H-].[H-].[H-].[H-].[H-].[H-].[Mg+2].[Mg+2].[Mg+2].[Mg+2].[Mg+2].[Mg+2].[Mg+2].[Mg+2]. The Morgan fingerprint density at radius 3 is 0.333 bits per heavy atom. The Hall–Kier alpha value is 6.09. The molecule has 0 aromatic carbocycles. The van der Waals surface area contributed by atoms with Gasteiger partial charge in [0, 0.05) is 0 Å². The molecular weight excluding hydrogens is 210 g/mol. The zero-order valence-electron chi connectivity index (χ0n) is 22.2. The molecule has 0 spiro atoms. The normalized spacial score (nSPS) is 0. The third-order valence-corrected chi connectivity index (χ3v) is 0. The summed E-state index contributed by atoms with van der Waals surface area (Å²) in [7, 11) is 0. The number of rotatable bonds is 0. The van der Waals surface area contributed by atoms with Gasteiger partial charge < -0.3 is 28.3 Å². The van der Waals surface area contributed by atoms with E-state index in [1.54, 1.807) is 0 Å². The monoisotopic (exact) mass is 226 g/mol. The molecule has 0 bridgehead atoms. The van der Waals surface area contributed by atoms with Gasteiger partial charge in [0.1, 0.15) is 0 Å². The molecule has 9 heteroatoms. The molecule has 0 aromatic rings. The Morgan fingerprint density at radius 1 is 0.333 bits per heavy atom. The molecule has 0 saturated heterocycles. The Morgan fingerprint density at radius 2 is 0.333 bits per heavy atom. The topological polar surface area (TPSA) is 31.5 Å². The average molecular weight is 229 g/mol. The number of hydrogen-bond acceptors (Lipinski definition) is 0. The first-order valence-corrected chi connectivity index (χ1v) is 0. The van der Waals surface area contributed by atoms with Crippen LogP contribution in [0.4, 0.5) is 0 Å². The summed E-state index contributed by atoms with van der Waals surface area (Å²) in [5.41, 5.74) is 0. The minimum absolute atomic E-state index is 0. The van der Waals surface area contributed by atoms with Crippen molar-refractivity contribution in [3.63, 3.8) is 0 Å². The molecule has 0 aliphatic carbocycles. The second-order valence-electron chi connectivity index (χ2n) is 0. The van der Waals surface area contributed by atoms with Gasteiger partial charge in [-0.25, -0.2) is 0 Å². The van der Waals surface area contributed by atoms with Crippen LogP contribution in [0.2, 0.25) is 0 Å². The first kappa shape index (κ1) is 80.8. The average Bonchev–Trinajstić information content (AvgIpc) is 0. The third-order valence-electron chi connectivity index (χ3n) is 0. The van der Waals surface area contributed by atoms with Crippen LogP contribution in [0, 0.1) is 0 Å². The summed E-state index contributed by atoms with van der Waals surface area (Å²) in [6.45, 7) is 0. The molecule has 0 rings (SSSR count). The molecule has 9 heavy (non-hydrogen) atoms. The number of hydrogen-bond donors (Lipinski definition) is 0. The van der Waals surface area contributed by atoms with Crippen molar-refractivity contribution < 1.29 is 28.3 Å². The fraction of sp³-hybridized carbons (Fsp3) is 0.